The Morgan fingerprint density at radius 3 is 1.29 bits per heavy atom. The lowest BCUT2D eigenvalue weighted by Gasteiger charge is -2.23. The number of carbonyl (C=O) groups is 2. The average Bonchev–Trinajstić information content (AvgIpc) is 3.63. The molecule has 0 saturated heterocycles. The van der Waals surface area contributed by atoms with Gasteiger partial charge < -0.3 is 18.3 Å². The number of pyridine rings is 2. The van der Waals surface area contributed by atoms with Crippen LogP contribution in [0.1, 0.15) is 43.6 Å². The van der Waals surface area contributed by atoms with E-state index in [-0.39, 0.29) is 0 Å². The summed E-state index contributed by atoms with van der Waals surface area (Å²) < 4.78 is 15.0. The molecule has 6 heteroatoms. The fraction of sp³-hybridized carbons (Fsp3) is 0.0769. The minimum Gasteiger partial charge on any atom is -0.465 e. The lowest BCUT2D eigenvalue weighted by atomic mass is 9.84. The Kier molecular flexibility index (Phi) is 7.23. The molecule has 0 unspecified atom stereocenters. The summed E-state index contributed by atoms with van der Waals surface area (Å²) >= 11 is 0. The highest BCUT2D eigenvalue weighted by atomic mass is 16.5. The van der Waals surface area contributed by atoms with E-state index in [2.05, 4.69) is 20.9 Å². The van der Waals surface area contributed by atoms with Gasteiger partial charge in [0.1, 0.15) is 0 Å². The van der Waals surface area contributed by atoms with Crippen molar-refractivity contribution >= 4 is 23.0 Å². The molecule has 0 aliphatic heterocycles. The van der Waals surface area contributed by atoms with Gasteiger partial charge in [-0.05, 0) is 41.0 Å². The normalized spacial score (nSPS) is 11.3. The molecule has 3 aromatic carbocycles. The Labute approximate surface area is 260 Å². The van der Waals surface area contributed by atoms with Crippen molar-refractivity contribution in [2.45, 2.75) is 5.92 Å². The predicted octanol–water partition coefficient (Wildman–Crippen LogP) is 8.28. The van der Waals surface area contributed by atoms with Crippen LogP contribution in [0.15, 0.2) is 140 Å². The molecule has 7 rings (SSSR count). The molecule has 0 saturated carbocycles. The van der Waals surface area contributed by atoms with Crippen molar-refractivity contribution in [3.63, 3.8) is 0 Å². The van der Waals surface area contributed by atoms with Gasteiger partial charge in [0.05, 0.1) is 42.3 Å². The van der Waals surface area contributed by atoms with E-state index in [1.165, 1.54) is 14.2 Å². The Bertz CT molecular complexity index is 2030. The molecule has 0 radical (unpaired) electrons. The van der Waals surface area contributed by atoms with Crippen LogP contribution in [-0.2, 0) is 9.47 Å². The monoisotopic (exact) mass is 590 g/mol. The molecule has 0 atom stereocenters. The Morgan fingerprint density at radius 1 is 0.511 bits per heavy atom. The summed E-state index contributed by atoms with van der Waals surface area (Å²) in [5, 5.41) is 0. The van der Waals surface area contributed by atoms with Crippen LogP contribution in [0, 0.1) is 0 Å². The van der Waals surface area contributed by atoms with Crippen molar-refractivity contribution in [3.8, 4) is 22.3 Å². The van der Waals surface area contributed by atoms with Crippen molar-refractivity contribution in [2.24, 2.45) is 0 Å². The first-order valence-corrected chi connectivity index (χ1v) is 14.7. The molecule has 0 amide bonds. The van der Waals surface area contributed by atoms with E-state index in [9.17, 15) is 9.59 Å². The van der Waals surface area contributed by atoms with Gasteiger partial charge >= 0.3 is 11.9 Å². The first-order valence-electron chi connectivity index (χ1n) is 14.7. The maximum atomic E-state index is 13.7. The number of methoxy groups -OCH3 is 2. The molecule has 4 heterocycles. The van der Waals surface area contributed by atoms with Crippen molar-refractivity contribution in [1.29, 1.82) is 0 Å². The molecule has 7 aromatic rings. The maximum absolute atomic E-state index is 13.7. The van der Waals surface area contributed by atoms with Crippen LogP contribution in [0.4, 0.5) is 0 Å². The number of carbonyl (C=O) groups excluding carboxylic acids is 2. The number of esters is 2. The van der Waals surface area contributed by atoms with Gasteiger partial charge in [-0.25, -0.2) is 9.59 Å². The average molecular weight is 591 g/mol. The van der Waals surface area contributed by atoms with E-state index in [0.29, 0.717) is 11.1 Å². The minimum atomic E-state index is -0.446. The van der Waals surface area contributed by atoms with Crippen molar-refractivity contribution in [2.75, 3.05) is 14.2 Å². The molecule has 45 heavy (non-hydrogen) atoms. The number of hydrogen-bond acceptors (Lipinski definition) is 4. The second-order valence-electron chi connectivity index (χ2n) is 10.7. The third-order valence-corrected chi connectivity index (χ3v) is 8.35. The summed E-state index contributed by atoms with van der Waals surface area (Å²) in [5.74, 6) is -1.29. The van der Waals surface area contributed by atoms with Crippen LogP contribution < -0.4 is 0 Å². The van der Waals surface area contributed by atoms with Gasteiger partial charge in [-0.3, -0.25) is 0 Å². The third kappa shape index (κ3) is 4.59. The summed E-state index contributed by atoms with van der Waals surface area (Å²) in [4.78, 5) is 27.3. The second kappa shape index (κ2) is 11.7. The molecule has 0 spiro atoms. The number of nitrogens with zero attached hydrogens (tertiary/aromatic N) is 2. The molecule has 0 aliphatic rings. The molecule has 6 nitrogen and oxygen atoms in total. The van der Waals surface area contributed by atoms with Crippen LogP contribution in [0.3, 0.4) is 0 Å². The van der Waals surface area contributed by atoms with Gasteiger partial charge in [-0.1, -0.05) is 103 Å². The largest absolute Gasteiger partial charge is 0.465 e. The first-order chi connectivity index (χ1) is 22.1. The molecular weight excluding hydrogens is 560 g/mol. The van der Waals surface area contributed by atoms with E-state index < -0.39 is 17.9 Å². The highest BCUT2D eigenvalue weighted by Gasteiger charge is 2.36. The van der Waals surface area contributed by atoms with E-state index in [0.717, 1.165) is 50.2 Å². The smallest absolute Gasteiger partial charge is 0.340 e. The van der Waals surface area contributed by atoms with Crippen LogP contribution in [0.25, 0.3) is 33.3 Å². The quantitative estimate of drug-likeness (QED) is 0.175. The van der Waals surface area contributed by atoms with Crippen LogP contribution in [0.2, 0.25) is 0 Å². The third-order valence-electron chi connectivity index (χ3n) is 8.35. The summed E-state index contributed by atoms with van der Waals surface area (Å²) in [5.41, 5.74) is 8.47. The van der Waals surface area contributed by atoms with Gasteiger partial charge in [-0.2, -0.15) is 0 Å². The van der Waals surface area contributed by atoms with Crippen LogP contribution in [0.5, 0.6) is 0 Å². The molecule has 0 fully saturated rings. The predicted molar refractivity (Wildman–Crippen MR) is 176 cm³/mol. The molecule has 4 aromatic heterocycles. The SMILES string of the molecule is COC(=O)c1c(-c2ccccc2)c(C(c2ccccc2)c2c(-c3ccccc3)c(C(=O)OC)c3ccccn23)n2ccccc12. The molecule has 220 valence electrons. The topological polar surface area (TPSA) is 61.4 Å². The van der Waals surface area contributed by atoms with E-state index in [1.807, 2.05) is 128 Å². The van der Waals surface area contributed by atoms with E-state index >= 15 is 0 Å². The summed E-state index contributed by atoms with van der Waals surface area (Å²) in [6, 6.07) is 41.7. The second-order valence-corrected chi connectivity index (χ2v) is 10.7. The number of fused-ring (bicyclic) bond motifs is 2. The summed E-state index contributed by atoms with van der Waals surface area (Å²) in [6.45, 7) is 0. The standard InChI is InChI=1S/C39H30N2O4/c1-44-38(42)34-29-22-12-14-24-40(29)36(31(34)26-16-6-3-7-17-26)33(28-20-10-5-11-21-28)37-32(27-18-8-4-9-19-27)35(39(43)45-2)30-23-13-15-25-41(30)37/h3-25,33H,1-2H3. The Morgan fingerprint density at radius 2 is 0.889 bits per heavy atom. The fourth-order valence-electron chi connectivity index (χ4n) is 6.54. The lowest BCUT2D eigenvalue weighted by molar-refractivity contribution is 0.0595. The van der Waals surface area contributed by atoms with Crippen molar-refractivity contribution in [3.05, 3.63) is 168 Å². The molecular formula is C39H30N2O4. The van der Waals surface area contributed by atoms with Gasteiger partial charge in [0, 0.05) is 34.9 Å². The summed E-state index contributed by atoms with van der Waals surface area (Å²) in [7, 11) is 2.82. The Balaban J connectivity index is 1.72. The number of hydrogen-bond donors (Lipinski definition) is 0. The van der Waals surface area contributed by atoms with Gasteiger partial charge in [0.2, 0.25) is 0 Å². The van der Waals surface area contributed by atoms with E-state index in [4.69, 9.17) is 9.47 Å². The van der Waals surface area contributed by atoms with E-state index in [1.54, 1.807) is 0 Å². The highest BCUT2D eigenvalue weighted by molar-refractivity contribution is 6.08. The minimum absolute atomic E-state index is 0.422. The number of aromatic nitrogens is 2. The maximum Gasteiger partial charge on any atom is 0.340 e. The zero-order chi connectivity index (χ0) is 30.9. The summed E-state index contributed by atoms with van der Waals surface area (Å²) in [6.07, 6.45) is 3.97. The number of benzene rings is 3. The Hall–Kier alpha value is -5.88. The number of rotatable bonds is 7. The van der Waals surface area contributed by atoms with Crippen LogP contribution >= 0.6 is 0 Å². The molecule has 0 N–H and O–H groups in total. The zero-order valence-corrected chi connectivity index (χ0v) is 24.9. The van der Waals surface area contributed by atoms with Gasteiger partial charge in [0.15, 0.2) is 0 Å². The molecule has 0 bridgehead atoms. The molecule has 0 aliphatic carbocycles. The van der Waals surface area contributed by atoms with Crippen molar-refractivity contribution in [1.82, 2.24) is 8.80 Å². The lowest BCUT2D eigenvalue weighted by Crippen LogP contribution is -2.12. The number of ether oxygens (including phenoxy) is 2. The van der Waals surface area contributed by atoms with Gasteiger partial charge in [0.25, 0.3) is 0 Å². The van der Waals surface area contributed by atoms with Crippen molar-refractivity contribution < 1.29 is 19.1 Å². The van der Waals surface area contributed by atoms with Gasteiger partial charge in [-0.15, -0.1) is 0 Å². The zero-order valence-electron chi connectivity index (χ0n) is 24.9. The van der Waals surface area contributed by atoms with Crippen LogP contribution in [-0.4, -0.2) is 35.0 Å². The first kappa shape index (κ1) is 27.9. The highest BCUT2D eigenvalue weighted by Crippen LogP contribution is 2.47. The fourth-order valence-corrected chi connectivity index (χ4v) is 6.54.